The summed E-state index contributed by atoms with van der Waals surface area (Å²) >= 11 is 0. The van der Waals surface area contributed by atoms with Crippen LogP contribution in [-0.2, 0) is 13.5 Å². The van der Waals surface area contributed by atoms with Crippen LogP contribution in [0.3, 0.4) is 0 Å². The Morgan fingerprint density at radius 2 is 1.95 bits per heavy atom. The molecule has 19 heavy (non-hydrogen) atoms. The van der Waals surface area contributed by atoms with Crippen molar-refractivity contribution in [2.75, 3.05) is 0 Å². The third kappa shape index (κ3) is 2.44. The van der Waals surface area contributed by atoms with Crippen molar-refractivity contribution in [3.63, 3.8) is 0 Å². The maximum atomic E-state index is 11.4. The molecule has 0 aliphatic rings. The van der Waals surface area contributed by atoms with Gasteiger partial charge in [0.2, 0.25) is 5.91 Å². The van der Waals surface area contributed by atoms with Crippen LogP contribution in [0.1, 0.15) is 32.2 Å². The summed E-state index contributed by atoms with van der Waals surface area (Å²) in [6.45, 7) is 0. The van der Waals surface area contributed by atoms with Crippen LogP contribution in [0.15, 0.2) is 24.7 Å². The summed E-state index contributed by atoms with van der Waals surface area (Å²) in [7, 11) is 1.81. The molecule has 7 heteroatoms. The van der Waals surface area contributed by atoms with E-state index < -0.39 is 11.8 Å². The van der Waals surface area contributed by atoms with E-state index in [1.54, 1.807) is 17.0 Å². The Bertz CT molecular complexity index is 615. The Morgan fingerprint density at radius 3 is 2.47 bits per heavy atom. The lowest BCUT2D eigenvalue weighted by atomic mass is 10.0. The zero-order chi connectivity index (χ0) is 14.0. The SMILES string of the molecule is Cn1ccnc1Cc1c(C(N)=O)ccnc1C(N)=O. The average molecular weight is 259 g/mol. The third-order valence-corrected chi connectivity index (χ3v) is 2.81. The molecule has 2 aromatic rings. The first-order valence-corrected chi connectivity index (χ1v) is 5.54. The molecular weight excluding hydrogens is 246 g/mol. The number of carbonyl (C=O) groups excluding carboxylic acids is 2. The monoisotopic (exact) mass is 259 g/mol. The third-order valence-electron chi connectivity index (χ3n) is 2.81. The predicted molar refractivity (Wildman–Crippen MR) is 67.3 cm³/mol. The molecule has 2 heterocycles. The van der Waals surface area contributed by atoms with E-state index in [4.69, 9.17) is 11.5 Å². The molecular formula is C12H13N5O2. The van der Waals surface area contributed by atoms with E-state index in [-0.39, 0.29) is 17.7 Å². The minimum absolute atomic E-state index is 0.0410. The average Bonchev–Trinajstić information content (AvgIpc) is 2.74. The summed E-state index contributed by atoms with van der Waals surface area (Å²) in [5.41, 5.74) is 11.2. The van der Waals surface area contributed by atoms with Gasteiger partial charge in [-0.1, -0.05) is 0 Å². The normalized spacial score (nSPS) is 10.4. The highest BCUT2D eigenvalue weighted by atomic mass is 16.1. The lowest BCUT2D eigenvalue weighted by Gasteiger charge is -2.10. The number of aromatic nitrogens is 3. The smallest absolute Gasteiger partial charge is 0.267 e. The van der Waals surface area contributed by atoms with Crippen molar-refractivity contribution in [3.05, 3.63) is 47.3 Å². The molecule has 0 radical (unpaired) electrons. The van der Waals surface area contributed by atoms with Gasteiger partial charge in [-0.05, 0) is 6.07 Å². The Labute approximate surface area is 109 Å². The second-order valence-corrected chi connectivity index (χ2v) is 4.05. The van der Waals surface area contributed by atoms with Crippen molar-refractivity contribution >= 4 is 11.8 Å². The van der Waals surface area contributed by atoms with Crippen LogP contribution >= 0.6 is 0 Å². The summed E-state index contributed by atoms with van der Waals surface area (Å²) in [5.74, 6) is -0.653. The minimum atomic E-state index is -0.702. The molecule has 2 aromatic heterocycles. The maximum absolute atomic E-state index is 11.4. The van der Waals surface area contributed by atoms with Gasteiger partial charge < -0.3 is 16.0 Å². The zero-order valence-electron chi connectivity index (χ0n) is 10.3. The first-order valence-electron chi connectivity index (χ1n) is 5.54. The van der Waals surface area contributed by atoms with Crippen LogP contribution in [0, 0.1) is 0 Å². The minimum Gasteiger partial charge on any atom is -0.366 e. The number of hydrogen-bond acceptors (Lipinski definition) is 4. The van der Waals surface area contributed by atoms with Crippen LogP contribution < -0.4 is 11.5 Å². The van der Waals surface area contributed by atoms with E-state index in [1.807, 2.05) is 7.05 Å². The number of pyridine rings is 1. The van der Waals surface area contributed by atoms with Gasteiger partial charge in [0.25, 0.3) is 5.91 Å². The largest absolute Gasteiger partial charge is 0.366 e. The fourth-order valence-corrected chi connectivity index (χ4v) is 1.84. The maximum Gasteiger partial charge on any atom is 0.267 e. The highest BCUT2D eigenvalue weighted by Gasteiger charge is 2.18. The molecule has 2 rings (SSSR count). The van der Waals surface area contributed by atoms with Gasteiger partial charge >= 0.3 is 0 Å². The van der Waals surface area contributed by atoms with Crippen molar-refractivity contribution in [2.24, 2.45) is 18.5 Å². The zero-order valence-corrected chi connectivity index (χ0v) is 10.3. The summed E-state index contributed by atoms with van der Waals surface area (Å²) in [6.07, 6.45) is 4.98. The van der Waals surface area contributed by atoms with Gasteiger partial charge in [0.05, 0.1) is 0 Å². The van der Waals surface area contributed by atoms with Gasteiger partial charge in [0, 0.05) is 43.2 Å². The van der Waals surface area contributed by atoms with Crippen molar-refractivity contribution in [2.45, 2.75) is 6.42 Å². The highest BCUT2D eigenvalue weighted by molar-refractivity contribution is 5.99. The molecule has 0 spiro atoms. The number of rotatable bonds is 4. The number of imidazole rings is 1. The van der Waals surface area contributed by atoms with Gasteiger partial charge in [-0.25, -0.2) is 4.98 Å². The fraction of sp³-hybridized carbons (Fsp3) is 0.167. The van der Waals surface area contributed by atoms with Crippen LogP contribution in [0.2, 0.25) is 0 Å². The predicted octanol–water partition coefficient (Wildman–Crippen LogP) is -0.396. The Hall–Kier alpha value is -2.70. The van der Waals surface area contributed by atoms with Gasteiger partial charge in [0.15, 0.2) is 0 Å². The summed E-state index contributed by atoms with van der Waals surface area (Å²) in [6, 6.07) is 1.47. The van der Waals surface area contributed by atoms with Gasteiger partial charge in [-0.3, -0.25) is 14.6 Å². The molecule has 0 bridgehead atoms. The number of hydrogen-bond donors (Lipinski definition) is 2. The molecule has 0 fully saturated rings. The molecule has 0 unspecified atom stereocenters. The van der Waals surface area contributed by atoms with E-state index >= 15 is 0 Å². The van der Waals surface area contributed by atoms with Crippen molar-refractivity contribution in [3.8, 4) is 0 Å². The molecule has 0 aromatic carbocycles. The molecule has 0 saturated heterocycles. The molecule has 2 amide bonds. The molecule has 7 nitrogen and oxygen atoms in total. The molecule has 4 N–H and O–H groups in total. The standard InChI is InChI=1S/C12H13N5O2/c1-17-5-4-15-9(17)6-8-7(11(13)18)2-3-16-10(8)12(14)19/h2-5H,6H2,1H3,(H2,13,18)(H2,14,19). The van der Waals surface area contributed by atoms with Crippen LogP contribution in [0.4, 0.5) is 0 Å². The second-order valence-electron chi connectivity index (χ2n) is 4.05. The summed E-state index contributed by atoms with van der Waals surface area (Å²) < 4.78 is 1.78. The Kier molecular flexibility index (Phi) is 3.28. The first kappa shape index (κ1) is 12.7. The van der Waals surface area contributed by atoms with Gasteiger partial charge in [0.1, 0.15) is 11.5 Å². The number of nitrogens with two attached hydrogens (primary N) is 2. The Morgan fingerprint density at radius 1 is 1.21 bits per heavy atom. The molecule has 0 aliphatic heterocycles. The van der Waals surface area contributed by atoms with Crippen molar-refractivity contribution in [1.29, 1.82) is 0 Å². The van der Waals surface area contributed by atoms with Crippen LogP contribution in [-0.4, -0.2) is 26.3 Å². The Balaban J connectivity index is 2.55. The lowest BCUT2D eigenvalue weighted by molar-refractivity contribution is 0.0994. The number of amides is 2. The van der Waals surface area contributed by atoms with Crippen LogP contribution in [0.25, 0.3) is 0 Å². The molecule has 98 valence electrons. The summed E-state index contributed by atoms with van der Waals surface area (Å²) in [4.78, 5) is 30.9. The van der Waals surface area contributed by atoms with E-state index in [0.717, 1.165) is 0 Å². The number of carbonyl (C=O) groups is 2. The van der Waals surface area contributed by atoms with Gasteiger partial charge in [-0.2, -0.15) is 0 Å². The number of nitrogens with zero attached hydrogens (tertiary/aromatic N) is 3. The van der Waals surface area contributed by atoms with E-state index in [0.29, 0.717) is 11.4 Å². The quantitative estimate of drug-likeness (QED) is 0.777. The fourth-order valence-electron chi connectivity index (χ4n) is 1.84. The summed E-state index contributed by atoms with van der Waals surface area (Å²) in [5, 5.41) is 0. The van der Waals surface area contributed by atoms with Crippen molar-refractivity contribution in [1.82, 2.24) is 14.5 Å². The molecule has 0 atom stereocenters. The van der Waals surface area contributed by atoms with E-state index in [9.17, 15) is 9.59 Å². The number of primary amides is 2. The van der Waals surface area contributed by atoms with E-state index in [2.05, 4.69) is 9.97 Å². The van der Waals surface area contributed by atoms with E-state index in [1.165, 1.54) is 12.3 Å². The molecule has 0 aliphatic carbocycles. The highest BCUT2D eigenvalue weighted by Crippen LogP contribution is 2.16. The second kappa shape index (κ2) is 4.89. The molecule has 0 saturated carbocycles. The van der Waals surface area contributed by atoms with Crippen LogP contribution in [0.5, 0.6) is 0 Å². The first-order chi connectivity index (χ1) is 9.00. The number of aryl methyl sites for hydroxylation is 1. The topological polar surface area (TPSA) is 117 Å². The van der Waals surface area contributed by atoms with Gasteiger partial charge in [-0.15, -0.1) is 0 Å². The van der Waals surface area contributed by atoms with Crippen molar-refractivity contribution < 1.29 is 9.59 Å². The lowest BCUT2D eigenvalue weighted by Crippen LogP contribution is -2.22.